The molecular formula is C16H26N2O. The third-order valence-corrected chi connectivity index (χ3v) is 3.05. The lowest BCUT2D eigenvalue weighted by Crippen LogP contribution is -2.30. The van der Waals surface area contributed by atoms with E-state index in [2.05, 4.69) is 44.4 Å². The monoisotopic (exact) mass is 262 g/mol. The highest BCUT2D eigenvalue weighted by Crippen LogP contribution is 2.29. The Kier molecular flexibility index (Phi) is 5.87. The van der Waals surface area contributed by atoms with Crippen LogP contribution in [0.2, 0.25) is 0 Å². The maximum atomic E-state index is 11.8. The number of carbonyl (C=O) groups excluding carboxylic acids is 1. The molecule has 19 heavy (non-hydrogen) atoms. The molecule has 3 heteroatoms. The van der Waals surface area contributed by atoms with Gasteiger partial charge >= 0.3 is 6.03 Å². The van der Waals surface area contributed by atoms with Gasteiger partial charge in [-0.05, 0) is 23.5 Å². The molecule has 2 amide bonds. The molecule has 0 unspecified atom stereocenters. The molecule has 106 valence electrons. The predicted molar refractivity (Wildman–Crippen MR) is 81.7 cm³/mol. The first kappa shape index (κ1) is 15.5. The number of hydrogen-bond donors (Lipinski definition) is 2. The van der Waals surface area contributed by atoms with Crippen molar-refractivity contribution in [2.24, 2.45) is 0 Å². The fourth-order valence-corrected chi connectivity index (χ4v) is 1.99. The van der Waals surface area contributed by atoms with E-state index in [0.29, 0.717) is 0 Å². The van der Waals surface area contributed by atoms with Crippen molar-refractivity contribution < 1.29 is 4.79 Å². The van der Waals surface area contributed by atoms with Gasteiger partial charge in [-0.3, -0.25) is 0 Å². The number of unbranched alkanes of at least 4 members (excludes halogenated alkanes) is 2. The molecule has 0 aromatic heterocycles. The van der Waals surface area contributed by atoms with Crippen LogP contribution in [0.1, 0.15) is 52.5 Å². The van der Waals surface area contributed by atoms with Crippen molar-refractivity contribution in [2.45, 2.75) is 52.4 Å². The summed E-state index contributed by atoms with van der Waals surface area (Å²) in [5.41, 5.74) is 2.06. The normalized spacial score (nSPS) is 11.2. The minimum atomic E-state index is -0.118. The van der Waals surface area contributed by atoms with Crippen LogP contribution in [0.25, 0.3) is 0 Å². The number of anilines is 1. The van der Waals surface area contributed by atoms with Gasteiger partial charge in [-0.2, -0.15) is 0 Å². The van der Waals surface area contributed by atoms with Crippen LogP contribution in [0.4, 0.5) is 10.5 Å². The largest absolute Gasteiger partial charge is 0.338 e. The van der Waals surface area contributed by atoms with E-state index in [1.807, 2.05) is 18.2 Å². The van der Waals surface area contributed by atoms with Crippen LogP contribution in [0.15, 0.2) is 24.3 Å². The van der Waals surface area contributed by atoms with Gasteiger partial charge in [0.15, 0.2) is 0 Å². The van der Waals surface area contributed by atoms with Crippen LogP contribution in [0, 0.1) is 0 Å². The molecule has 0 spiro atoms. The van der Waals surface area contributed by atoms with E-state index < -0.39 is 0 Å². The number of benzene rings is 1. The molecule has 0 fully saturated rings. The average molecular weight is 262 g/mol. The van der Waals surface area contributed by atoms with Crippen LogP contribution in [0.3, 0.4) is 0 Å². The summed E-state index contributed by atoms with van der Waals surface area (Å²) in [7, 11) is 0. The first-order valence-corrected chi connectivity index (χ1v) is 7.09. The van der Waals surface area contributed by atoms with Gasteiger partial charge in [-0.15, -0.1) is 0 Å². The van der Waals surface area contributed by atoms with Crippen molar-refractivity contribution in [1.82, 2.24) is 5.32 Å². The first-order valence-electron chi connectivity index (χ1n) is 7.09. The fourth-order valence-electron chi connectivity index (χ4n) is 1.99. The van der Waals surface area contributed by atoms with Crippen molar-refractivity contribution in [3.05, 3.63) is 29.8 Å². The third-order valence-electron chi connectivity index (χ3n) is 3.05. The molecule has 1 rings (SSSR count). The van der Waals surface area contributed by atoms with Crippen LogP contribution < -0.4 is 10.6 Å². The first-order chi connectivity index (χ1) is 8.95. The number of amides is 2. The van der Waals surface area contributed by atoms with E-state index in [-0.39, 0.29) is 11.4 Å². The molecule has 0 bridgehead atoms. The summed E-state index contributed by atoms with van der Waals surface area (Å²) in [4.78, 5) is 11.8. The third kappa shape index (κ3) is 5.33. The molecule has 1 aromatic carbocycles. The van der Waals surface area contributed by atoms with Crippen molar-refractivity contribution in [2.75, 3.05) is 11.9 Å². The Morgan fingerprint density at radius 2 is 1.84 bits per heavy atom. The molecule has 0 radical (unpaired) electrons. The highest BCUT2D eigenvalue weighted by Gasteiger charge is 2.18. The van der Waals surface area contributed by atoms with E-state index in [1.165, 1.54) is 0 Å². The molecule has 0 saturated carbocycles. The fraction of sp³-hybridized carbons (Fsp3) is 0.562. The molecule has 2 N–H and O–H groups in total. The lowest BCUT2D eigenvalue weighted by Gasteiger charge is -2.23. The molecule has 0 aliphatic carbocycles. The van der Waals surface area contributed by atoms with Gasteiger partial charge in [-0.1, -0.05) is 58.7 Å². The van der Waals surface area contributed by atoms with Gasteiger partial charge in [-0.25, -0.2) is 4.79 Å². The number of nitrogens with one attached hydrogen (secondary N) is 2. The van der Waals surface area contributed by atoms with Gasteiger partial charge < -0.3 is 10.6 Å². The van der Waals surface area contributed by atoms with Crippen LogP contribution >= 0.6 is 0 Å². The van der Waals surface area contributed by atoms with Crippen LogP contribution in [-0.4, -0.2) is 12.6 Å². The molecule has 0 atom stereocenters. The zero-order chi connectivity index (χ0) is 14.3. The Bertz CT molecular complexity index is 407. The van der Waals surface area contributed by atoms with E-state index in [0.717, 1.165) is 37.1 Å². The maximum Gasteiger partial charge on any atom is 0.319 e. The molecular weight excluding hydrogens is 236 g/mol. The van der Waals surface area contributed by atoms with Crippen LogP contribution in [-0.2, 0) is 5.41 Å². The standard InChI is InChI=1S/C16H26N2O/c1-5-6-9-12-17-15(19)18-14-11-8-7-10-13(14)16(2,3)4/h7-8,10-11H,5-6,9,12H2,1-4H3,(H2,17,18,19). The van der Waals surface area contributed by atoms with Crippen molar-refractivity contribution >= 4 is 11.7 Å². The smallest absolute Gasteiger partial charge is 0.319 e. The van der Waals surface area contributed by atoms with E-state index in [4.69, 9.17) is 0 Å². The molecule has 0 heterocycles. The number of hydrogen-bond acceptors (Lipinski definition) is 1. The number of urea groups is 1. The second kappa shape index (κ2) is 7.17. The summed E-state index contributed by atoms with van der Waals surface area (Å²) in [6, 6.07) is 7.85. The second-order valence-electron chi connectivity index (χ2n) is 5.88. The molecule has 1 aromatic rings. The summed E-state index contributed by atoms with van der Waals surface area (Å²) in [6.45, 7) is 9.32. The number of para-hydroxylation sites is 1. The lowest BCUT2D eigenvalue weighted by molar-refractivity contribution is 0.252. The lowest BCUT2D eigenvalue weighted by atomic mass is 9.86. The summed E-state index contributed by atoms with van der Waals surface area (Å²) in [5.74, 6) is 0. The minimum absolute atomic E-state index is 0.0199. The van der Waals surface area contributed by atoms with Crippen molar-refractivity contribution in [3.63, 3.8) is 0 Å². The van der Waals surface area contributed by atoms with Crippen molar-refractivity contribution in [3.8, 4) is 0 Å². The SMILES string of the molecule is CCCCCNC(=O)Nc1ccccc1C(C)(C)C. The van der Waals surface area contributed by atoms with Crippen LogP contribution in [0.5, 0.6) is 0 Å². The predicted octanol–water partition coefficient (Wildman–Crippen LogP) is 4.30. The van der Waals surface area contributed by atoms with Gasteiger partial charge in [0.2, 0.25) is 0 Å². The second-order valence-corrected chi connectivity index (χ2v) is 5.88. The van der Waals surface area contributed by atoms with E-state index >= 15 is 0 Å². The summed E-state index contributed by atoms with van der Waals surface area (Å²) < 4.78 is 0. The topological polar surface area (TPSA) is 41.1 Å². The van der Waals surface area contributed by atoms with Gasteiger partial charge in [0, 0.05) is 12.2 Å². The van der Waals surface area contributed by atoms with Gasteiger partial charge in [0.25, 0.3) is 0 Å². The van der Waals surface area contributed by atoms with Gasteiger partial charge in [0.1, 0.15) is 0 Å². The Morgan fingerprint density at radius 3 is 2.47 bits per heavy atom. The van der Waals surface area contributed by atoms with E-state index in [1.54, 1.807) is 0 Å². The molecule has 3 nitrogen and oxygen atoms in total. The summed E-state index contributed by atoms with van der Waals surface area (Å²) in [5, 5.41) is 5.84. The number of rotatable bonds is 5. The quantitative estimate of drug-likeness (QED) is 0.763. The van der Waals surface area contributed by atoms with E-state index in [9.17, 15) is 4.79 Å². The Labute approximate surface area is 116 Å². The molecule has 0 saturated heterocycles. The average Bonchev–Trinajstić information content (AvgIpc) is 2.34. The maximum absolute atomic E-state index is 11.8. The Balaban J connectivity index is 2.59. The van der Waals surface area contributed by atoms with Crippen molar-refractivity contribution in [1.29, 1.82) is 0 Å². The Morgan fingerprint density at radius 1 is 1.16 bits per heavy atom. The highest BCUT2D eigenvalue weighted by atomic mass is 16.2. The molecule has 0 aliphatic heterocycles. The zero-order valence-corrected chi connectivity index (χ0v) is 12.5. The minimum Gasteiger partial charge on any atom is -0.338 e. The molecule has 0 aliphatic rings. The zero-order valence-electron chi connectivity index (χ0n) is 12.5. The summed E-state index contributed by atoms with van der Waals surface area (Å²) >= 11 is 0. The number of carbonyl (C=O) groups is 1. The van der Waals surface area contributed by atoms with Gasteiger partial charge in [0.05, 0.1) is 0 Å². The Hall–Kier alpha value is -1.51. The highest BCUT2D eigenvalue weighted by molar-refractivity contribution is 5.90. The summed E-state index contributed by atoms with van der Waals surface area (Å²) in [6.07, 6.45) is 3.35.